The highest BCUT2D eigenvalue weighted by molar-refractivity contribution is 5.94. The molecule has 0 amide bonds. The summed E-state index contributed by atoms with van der Waals surface area (Å²) in [6.07, 6.45) is 4.37. The summed E-state index contributed by atoms with van der Waals surface area (Å²) in [6, 6.07) is 8.38. The van der Waals surface area contributed by atoms with E-state index in [1.165, 1.54) is 10.9 Å². The number of piperidine rings is 1. The second-order valence-electron chi connectivity index (χ2n) is 5.74. The normalized spacial score (nSPS) is 16.6. The van der Waals surface area contributed by atoms with Crippen molar-refractivity contribution in [1.82, 2.24) is 25.1 Å². The van der Waals surface area contributed by atoms with E-state index in [0.717, 1.165) is 43.1 Å². The molecule has 108 valence electrons. The van der Waals surface area contributed by atoms with Crippen molar-refractivity contribution in [2.75, 3.05) is 13.1 Å². The van der Waals surface area contributed by atoms with Crippen molar-refractivity contribution in [1.29, 1.82) is 0 Å². The number of aryl methyl sites for hydroxylation is 1. The molecule has 3 aromatic rings. The molecule has 1 aliphatic heterocycles. The van der Waals surface area contributed by atoms with Gasteiger partial charge in [-0.15, -0.1) is 0 Å². The van der Waals surface area contributed by atoms with E-state index in [1.54, 1.807) is 0 Å². The largest absolute Gasteiger partial charge is 0.350 e. The summed E-state index contributed by atoms with van der Waals surface area (Å²) in [5, 5.41) is 12.2. The molecule has 2 N–H and O–H groups in total. The van der Waals surface area contributed by atoms with Gasteiger partial charge in [0.1, 0.15) is 5.82 Å². The first-order chi connectivity index (χ1) is 10.3. The summed E-state index contributed by atoms with van der Waals surface area (Å²) < 4.78 is 2.13. The molecule has 0 atom stereocenters. The van der Waals surface area contributed by atoms with Gasteiger partial charge in [-0.25, -0.2) is 4.98 Å². The Morgan fingerprint density at radius 1 is 1.19 bits per heavy atom. The van der Waals surface area contributed by atoms with Gasteiger partial charge in [-0.05, 0) is 32.0 Å². The van der Waals surface area contributed by atoms with E-state index >= 15 is 0 Å². The zero-order chi connectivity index (χ0) is 14.2. The van der Waals surface area contributed by atoms with Gasteiger partial charge in [0.2, 0.25) is 0 Å². The maximum absolute atomic E-state index is 4.76. The lowest BCUT2D eigenvalue weighted by Gasteiger charge is -2.19. The molecule has 5 heteroatoms. The average molecular weight is 281 g/mol. The Hall–Kier alpha value is -2.14. The standard InChI is InChI=1S/C16H19N5/c1-21-10-13(12-4-2-3-5-14(12)21)16-18-15(19-20-16)11-6-8-17-9-7-11/h2-5,10-11,17H,6-9H2,1H3,(H,18,19,20). The van der Waals surface area contributed by atoms with Crippen LogP contribution in [-0.2, 0) is 7.05 Å². The molecule has 0 bridgehead atoms. The van der Waals surface area contributed by atoms with E-state index in [2.05, 4.69) is 57.6 Å². The Kier molecular flexibility index (Phi) is 3.00. The minimum atomic E-state index is 0.502. The molecule has 0 aliphatic carbocycles. The molecule has 0 saturated carbocycles. The predicted molar refractivity (Wildman–Crippen MR) is 83.1 cm³/mol. The minimum Gasteiger partial charge on any atom is -0.350 e. The molecule has 1 saturated heterocycles. The number of aromatic amines is 1. The van der Waals surface area contributed by atoms with E-state index in [1.807, 2.05) is 0 Å². The Labute approximate surface area is 123 Å². The maximum atomic E-state index is 4.76. The summed E-state index contributed by atoms with van der Waals surface area (Å²) in [5.74, 6) is 2.34. The van der Waals surface area contributed by atoms with Crippen LogP contribution < -0.4 is 5.32 Å². The molecule has 1 fully saturated rings. The van der Waals surface area contributed by atoms with Gasteiger partial charge < -0.3 is 9.88 Å². The SMILES string of the molecule is Cn1cc(-c2n[nH]c(C3CCNCC3)n2)c2ccccc21. The number of nitrogens with one attached hydrogen (secondary N) is 2. The fraction of sp³-hybridized carbons (Fsp3) is 0.375. The predicted octanol–water partition coefficient (Wildman–Crippen LogP) is 2.43. The van der Waals surface area contributed by atoms with Crippen molar-refractivity contribution < 1.29 is 0 Å². The lowest BCUT2D eigenvalue weighted by atomic mass is 9.98. The third-order valence-electron chi connectivity index (χ3n) is 4.37. The number of H-pyrrole nitrogens is 1. The van der Waals surface area contributed by atoms with Crippen molar-refractivity contribution in [3.8, 4) is 11.4 Å². The van der Waals surface area contributed by atoms with Crippen LogP contribution >= 0.6 is 0 Å². The number of benzene rings is 1. The molecular weight excluding hydrogens is 262 g/mol. The van der Waals surface area contributed by atoms with E-state index in [0.29, 0.717) is 5.92 Å². The van der Waals surface area contributed by atoms with Gasteiger partial charge in [0.15, 0.2) is 5.82 Å². The minimum absolute atomic E-state index is 0.502. The third-order valence-corrected chi connectivity index (χ3v) is 4.37. The van der Waals surface area contributed by atoms with Crippen LogP contribution in [-0.4, -0.2) is 32.8 Å². The van der Waals surface area contributed by atoms with Gasteiger partial charge in [0, 0.05) is 35.6 Å². The van der Waals surface area contributed by atoms with Crippen LogP contribution in [0.3, 0.4) is 0 Å². The number of rotatable bonds is 2. The van der Waals surface area contributed by atoms with E-state index in [4.69, 9.17) is 4.98 Å². The van der Waals surface area contributed by atoms with Crippen LogP contribution in [0.25, 0.3) is 22.3 Å². The van der Waals surface area contributed by atoms with Gasteiger partial charge in [0.25, 0.3) is 0 Å². The highest BCUT2D eigenvalue weighted by Crippen LogP contribution is 2.29. The number of nitrogens with zero attached hydrogens (tertiary/aromatic N) is 3. The van der Waals surface area contributed by atoms with Gasteiger partial charge in [-0.1, -0.05) is 18.2 Å². The lowest BCUT2D eigenvalue weighted by molar-refractivity contribution is 0.446. The Morgan fingerprint density at radius 3 is 2.86 bits per heavy atom. The fourth-order valence-electron chi connectivity index (χ4n) is 3.19. The molecular formula is C16H19N5. The van der Waals surface area contributed by atoms with Crippen molar-refractivity contribution in [2.24, 2.45) is 7.05 Å². The fourth-order valence-corrected chi connectivity index (χ4v) is 3.19. The van der Waals surface area contributed by atoms with Crippen molar-refractivity contribution in [3.05, 3.63) is 36.3 Å². The highest BCUT2D eigenvalue weighted by atomic mass is 15.2. The molecule has 5 nitrogen and oxygen atoms in total. The maximum Gasteiger partial charge on any atom is 0.183 e. The van der Waals surface area contributed by atoms with Crippen molar-refractivity contribution >= 4 is 10.9 Å². The van der Waals surface area contributed by atoms with Crippen LogP contribution in [0.2, 0.25) is 0 Å². The Balaban J connectivity index is 1.74. The van der Waals surface area contributed by atoms with Crippen LogP contribution in [0, 0.1) is 0 Å². The van der Waals surface area contributed by atoms with Crippen LogP contribution in [0.4, 0.5) is 0 Å². The van der Waals surface area contributed by atoms with Crippen LogP contribution in [0.1, 0.15) is 24.6 Å². The quantitative estimate of drug-likeness (QED) is 0.758. The number of para-hydroxylation sites is 1. The second kappa shape index (κ2) is 5.00. The molecule has 0 unspecified atom stereocenters. The third kappa shape index (κ3) is 2.14. The van der Waals surface area contributed by atoms with Gasteiger partial charge in [-0.3, -0.25) is 5.10 Å². The first kappa shape index (κ1) is 12.6. The number of hydrogen-bond donors (Lipinski definition) is 2. The molecule has 3 heterocycles. The lowest BCUT2D eigenvalue weighted by Crippen LogP contribution is -2.27. The summed E-state index contributed by atoms with van der Waals surface area (Å²) in [7, 11) is 2.06. The summed E-state index contributed by atoms with van der Waals surface area (Å²) in [6.45, 7) is 2.13. The molecule has 4 rings (SSSR count). The number of aromatic nitrogens is 4. The number of hydrogen-bond acceptors (Lipinski definition) is 3. The van der Waals surface area contributed by atoms with E-state index in [-0.39, 0.29) is 0 Å². The Bertz CT molecular complexity index is 764. The monoisotopic (exact) mass is 281 g/mol. The molecule has 1 aromatic carbocycles. The zero-order valence-electron chi connectivity index (χ0n) is 12.1. The molecule has 1 aliphatic rings. The van der Waals surface area contributed by atoms with Crippen LogP contribution in [0.5, 0.6) is 0 Å². The molecule has 0 radical (unpaired) electrons. The topological polar surface area (TPSA) is 58.5 Å². The molecule has 2 aromatic heterocycles. The van der Waals surface area contributed by atoms with Gasteiger partial charge in [-0.2, -0.15) is 5.10 Å². The highest BCUT2D eigenvalue weighted by Gasteiger charge is 2.20. The molecule has 0 spiro atoms. The van der Waals surface area contributed by atoms with Crippen LogP contribution in [0.15, 0.2) is 30.5 Å². The van der Waals surface area contributed by atoms with Crippen molar-refractivity contribution in [2.45, 2.75) is 18.8 Å². The van der Waals surface area contributed by atoms with Gasteiger partial charge >= 0.3 is 0 Å². The van der Waals surface area contributed by atoms with Gasteiger partial charge in [0.05, 0.1) is 0 Å². The summed E-state index contributed by atoms with van der Waals surface area (Å²) in [4.78, 5) is 4.76. The second-order valence-corrected chi connectivity index (χ2v) is 5.74. The summed E-state index contributed by atoms with van der Waals surface area (Å²) >= 11 is 0. The first-order valence-corrected chi connectivity index (χ1v) is 7.50. The Morgan fingerprint density at radius 2 is 2.00 bits per heavy atom. The smallest absolute Gasteiger partial charge is 0.183 e. The van der Waals surface area contributed by atoms with E-state index in [9.17, 15) is 0 Å². The molecule has 21 heavy (non-hydrogen) atoms. The van der Waals surface area contributed by atoms with E-state index < -0.39 is 0 Å². The summed E-state index contributed by atoms with van der Waals surface area (Å²) in [5.41, 5.74) is 2.31. The first-order valence-electron chi connectivity index (χ1n) is 7.50. The van der Waals surface area contributed by atoms with Crippen molar-refractivity contribution in [3.63, 3.8) is 0 Å². The average Bonchev–Trinajstić information content (AvgIpc) is 3.14. The zero-order valence-corrected chi connectivity index (χ0v) is 12.1. The number of fused-ring (bicyclic) bond motifs is 1.